The summed E-state index contributed by atoms with van der Waals surface area (Å²) in [6, 6.07) is 11.7. The van der Waals surface area contributed by atoms with Crippen molar-refractivity contribution in [1.82, 2.24) is 10.2 Å². The van der Waals surface area contributed by atoms with Crippen LogP contribution < -0.4 is 9.46 Å². The van der Waals surface area contributed by atoms with Crippen LogP contribution in [0.5, 0.6) is 5.75 Å². The van der Waals surface area contributed by atoms with E-state index < -0.39 is 15.8 Å². The zero-order chi connectivity index (χ0) is 17.2. The Kier molecular flexibility index (Phi) is 4.45. The lowest BCUT2D eigenvalue weighted by Gasteiger charge is -2.04. The molecule has 0 fully saturated rings. The Balaban J connectivity index is 1.81. The van der Waals surface area contributed by atoms with Crippen LogP contribution in [0.25, 0.3) is 10.6 Å². The van der Waals surface area contributed by atoms with Crippen LogP contribution in [0.15, 0.2) is 53.4 Å². The molecule has 2 aromatic carbocycles. The summed E-state index contributed by atoms with van der Waals surface area (Å²) in [5.41, 5.74) is 0.792. The van der Waals surface area contributed by atoms with E-state index in [0.717, 1.165) is 29.0 Å². The number of sulfonamides is 1. The minimum Gasteiger partial charge on any atom is -0.497 e. The van der Waals surface area contributed by atoms with Crippen molar-refractivity contribution >= 4 is 26.5 Å². The Morgan fingerprint density at radius 3 is 2.33 bits per heavy atom. The highest BCUT2D eigenvalue weighted by Crippen LogP contribution is 2.29. The van der Waals surface area contributed by atoms with E-state index in [1.54, 1.807) is 31.4 Å². The summed E-state index contributed by atoms with van der Waals surface area (Å²) < 4.78 is 44.8. The zero-order valence-corrected chi connectivity index (χ0v) is 14.1. The first kappa shape index (κ1) is 16.3. The van der Waals surface area contributed by atoms with Crippen molar-refractivity contribution in [2.75, 3.05) is 11.8 Å². The molecule has 1 aromatic heterocycles. The fraction of sp³-hybridized carbons (Fsp3) is 0.0667. The molecule has 3 aromatic rings. The molecule has 24 heavy (non-hydrogen) atoms. The molecule has 0 radical (unpaired) electrons. The molecule has 0 aliphatic carbocycles. The van der Waals surface area contributed by atoms with Gasteiger partial charge in [0.25, 0.3) is 10.0 Å². The maximum Gasteiger partial charge on any atom is 0.263 e. The third kappa shape index (κ3) is 3.52. The Morgan fingerprint density at radius 2 is 1.71 bits per heavy atom. The molecule has 0 aliphatic heterocycles. The van der Waals surface area contributed by atoms with Gasteiger partial charge in [-0.3, -0.25) is 4.72 Å². The van der Waals surface area contributed by atoms with Gasteiger partial charge in [-0.25, -0.2) is 12.8 Å². The predicted molar refractivity (Wildman–Crippen MR) is 89.1 cm³/mol. The highest BCUT2D eigenvalue weighted by atomic mass is 32.2. The van der Waals surface area contributed by atoms with Crippen molar-refractivity contribution in [3.8, 4) is 16.3 Å². The molecule has 0 unspecified atom stereocenters. The first-order chi connectivity index (χ1) is 11.5. The molecule has 0 spiro atoms. The van der Waals surface area contributed by atoms with Gasteiger partial charge in [-0.05, 0) is 48.5 Å². The Hall–Kier alpha value is -2.52. The number of rotatable bonds is 5. The van der Waals surface area contributed by atoms with Crippen LogP contribution in [0, 0.1) is 5.82 Å². The van der Waals surface area contributed by atoms with Gasteiger partial charge in [-0.2, -0.15) is 0 Å². The summed E-state index contributed by atoms with van der Waals surface area (Å²) in [6.45, 7) is 0. The molecule has 1 heterocycles. The number of halogens is 1. The molecular formula is C15H12FN3O3S2. The Labute approximate surface area is 142 Å². The van der Waals surface area contributed by atoms with E-state index in [2.05, 4.69) is 14.9 Å². The van der Waals surface area contributed by atoms with Crippen LogP contribution in [0.2, 0.25) is 0 Å². The van der Waals surface area contributed by atoms with E-state index in [9.17, 15) is 12.8 Å². The lowest BCUT2D eigenvalue weighted by atomic mass is 10.2. The molecule has 0 atom stereocenters. The molecule has 0 saturated heterocycles. The summed E-state index contributed by atoms with van der Waals surface area (Å²) in [5, 5.41) is 8.51. The smallest absolute Gasteiger partial charge is 0.263 e. The molecule has 3 rings (SSSR count). The van der Waals surface area contributed by atoms with Crippen LogP contribution in [0.1, 0.15) is 0 Å². The SMILES string of the molecule is COc1ccc(-c2nnc(NS(=O)(=O)c3ccc(F)cc3)s2)cc1. The number of hydrogen-bond acceptors (Lipinski definition) is 6. The maximum absolute atomic E-state index is 12.9. The van der Waals surface area contributed by atoms with Crippen LogP contribution in [0.3, 0.4) is 0 Å². The summed E-state index contributed by atoms with van der Waals surface area (Å²) in [5.74, 6) is 0.201. The Bertz CT molecular complexity index is 939. The molecule has 9 heteroatoms. The second-order valence-corrected chi connectivity index (χ2v) is 7.36. The van der Waals surface area contributed by atoms with Gasteiger partial charge in [0.05, 0.1) is 12.0 Å². The monoisotopic (exact) mass is 365 g/mol. The fourth-order valence-electron chi connectivity index (χ4n) is 1.90. The number of nitrogens with zero attached hydrogens (tertiary/aromatic N) is 2. The van der Waals surface area contributed by atoms with E-state index in [1.165, 1.54) is 12.1 Å². The summed E-state index contributed by atoms with van der Waals surface area (Å²) in [4.78, 5) is -0.0508. The largest absolute Gasteiger partial charge is 0.497 e. The maximum atomic E-state index is 12.9. The van der Waals surface area contributed by atoms with Crippen molar-refractivity contribution in [3.05, 3.63) is 54.3 Å². The van der Waals surface area contributed by atoms with Gasteiger partial charge in [0.15, 0.2) is 0 Å². The summed E-state index contributed by atoms with van der Waals surface area (Å²) >= 11 is 1.10. The topological polar surface area (TPSA) is 81.2 Å². The lowest BCUT2D eigenvalue weighted by molar-refractivity contribution is 0.415. The van der Waals surface area contributed by atoms with E-state index in [1.807, 2.05) is 0 Å². The standard InChI is InChI=1S/C15H12FN3O3S2/c1-22-12-6-2-10(3-7-12)14-17-18-15(23-14)19-24(20,21)13-8-4-11(16)5-9-13/h2-9H,1H3,(H,18,19). The minimum absolute atomic E-state index is 0.0508. The van der Waals surface area contributed by atoms with E-state index >= 15 is 0 Å². The number of methoxy groups -OCH3 is 1. The Morgan fingerprint density at radius 1 is 1.04 bits per heavy atom. The second-order valence-electron chi connectivity index (χ2n) is 4.70. The van der Waals surface area contributed by atoms with E-state index in [0.29, 0.717) is 10.8 Å². The molecule has 0 aliphatic rings. The van der Waals surface area contributed by atoms with Gasteiger partial charge in [0.1, 0.15) is 16.6 Å². The van der Waals surface area contributed by atoms with Crippen LogP contribution in [-0.4, -0.2) is 25.7 Å². The predicted octanol–water partition coefficient (Wildman–Crippen LogP) is 3.15. The molecule has 0 saturated carbocycles. The van der Waals surface area contributed by atoms with Crippen molar-refractivity contribution in [1.29, 1.82) is 0 Å². The van der Waals surface area contributed by atoms with Crippen LogP contribution in [0.4, 0.5) is 9.52 Å². The van der Waals surface area contributed by atoms with E-state index in [4.69, 9.17) is 4.74 Å². The first-order valence-corrected chi connectivity index (χ1v) is 9.04. The van der Waals surface area contributed by atoms with Gasteiger partial charge in [-0.1, -0.05) is 11.3 Å². The van der Waals surface area contributed by atoms with Crippen molar-refractivity contribution in [2.24, 2.45) is 0 Å². The van der Waals surface area contributed by atoms with Crippen molar-refractivity contribution < 1.29 is 17.5 Å². The molecule has 0 bridgehead atoms. The summed E-state index contributed by atoms with van der Waals surface area (Å²) in [6.07, 6.45) is 0. The molecule has 0 amide bonds. The normalized spacial score (nSPS) is 11.2. The lowest BCUT2D eigenvalue weighted by Crippen LogP contribution is -2.12. The molecule has 1 N–H and O–H groups in total. The average Bonchev–Trinajstić information content (AvgIpc) is 3.03. The minimum atomic E-state index is -3.84. The molecule has 6 nitrogen and oxygen atoms in total. The molecular weight excluding hydrogens is 353 g/mol. The van der Waals surface area contributed by atoms with Gasteiger partial charge in [-0.15, -0.1) is 10.2 Å². The highest BCUT2D eigenvalue weighted by molar-refractivity contribution is 7.93. The number of aromatic nitrogens is 2. The third-order valence-electron chi connectivity index (χ3n) is 3.11. The van der Waals surface area contributed by atoms with Gasteiger partial charge in [0, 0.05) is 5.56 Å². The highest BCUT2D eigenvalue weighted by Gasteiger charge is 2.17. The summed E-state index contributed by atoms with van der Waals surface area (Å²) in [7, 11) is -2.27. The quantitative estimate of drug-likeness (QED) is 0.751. The van der Waals surface area contributed by atoms with Gasteiger partial charge in [0.2, 0.25) is 5.13 Å². The zero-order valence-electron chi connectivity index (χ0n) is 12.4. The van der Waals surface area contributed by atoms with Gasteiger partial charge >= 0.3 is 0 Å². The van der Waals surface area contributed by atoms with Crippen LogP contribution >= 0.6 is 11.3 Å². The van der Waals surface area contributed by atoms with Gasteiger partial charge < -0.3 is 4.74 Å². The van der Waals surface area contributed by atoms with Crippen LogP contribution in [-0.2, 0) is 10.0 Å². The number of ether oxygens (including phenoxy) is 1. The van der Waals surface area contributed by atoms with Crippen molar-refractivity contribution in [2.45, 2.75) is 4.90 Å². The number of hydrogen-bond donors (Lipinski definition) is 1. The number of nitrogens with one attached hydrogen (secondary N) is 1. The number of benzene rings is 2. The van der Waals surface area contributed by atoms with E-state index in [-0.39, 0.29) is 10.0 Å². The molecule has 124 valence electrons. The number of anilines is 1. The average molecular weight is 365 g/mol. The fourth-order valence-corrected chi connectivity index (χ4v) is 3.88. The first-order valence-electron chi connectivity index (χ1n) is 6.74. The third-order valence-corrected chi connectivity index (χ3v) is 5.48. The van der Waals surface area contributed by atoms with Crippen molar-refractivity contribution in [3.63, 3.8) is 0 Å². The second kappa shape index (κ2) is 6.54.